The van der Waals surface area contributed by atoms with Gasteiger partial charge in [-0.1, -0.05) is 219 Å². The van der Waals surface area contributed by atoms with E-state index >= 15 is 0 Å². The molecule has 0 unspecified atom stereocenters. The Kier molecular flexibility index (Phi) is 51.8. The van der Waals surface area contributed by atoms with E-state index in [1.807, 2.05) is 0 Å². The zero-order valence-electron chi connectivity index (χ0n) is 31.1. The van der Waals surface area contributed by atoms with E-state index in [9.17, 15) is 14.7 Å². The number of unbranched alkanes of at least 4 members (excludes halogenated alkanes) is 32. The van der Waals surface area contributed by atoms with Gasteiger partial charge in [-0.05, 0) is 19.3 Å². The molecule has 0 heterocycles. The van der Waals surface area contributed by atoms with Crippen molar-refractivity contribution >= 4 is 11.9 Å². The second-order valence-corrected chi connectivity index (χ2v) is 13.6. The predicted molar refractivity (Wildman–Crippen MR) is 190 cm³/mol. The number of carboxylic acid groups (broad SMARTS) is 2. The van der Waals surface area contributed by atoms with E-state index in [2.05, 4.69) is 13.8 Å². The first-order chi connectivity index (χ1) is 21.5. The maximum atomic E-state index is 10.4. The zero-order valence-corrected chi connectivity index (χ0v) is 34.3. The van der Waals surface area contributed by atoms with Gasteiger partial charge >= 0.3 is 57.4 Å². The van der Waals surface area contributed by atoms with Crippen molar-refractivity contribution in [2.75, 3.05) is 0 Å². The second kappa shape index (κ2) is 46.7. The van der Waals surface area contributed by atoms with E-state index in [1.165, 1.54) is 193 Å². The average Bonchev–Trinajstić information content (AvgIpc) is 3.00. The summed E-state index contributed by atoms with van der Waals surface area (Å²) in [4.78, 5) is 20.6. The Morgan fingerprint density at radius 3 is 0.711 bits per heavy atom. The quantitative estimate of drug-likeness (QED) is 0.0535. The Labute approximate surface area is 325 Å². The number of aliphatic carboxylic acids is 2. The van der Waals surface area contributed by atoms with Crippen molar-refractivity contribution in [1.82, 2.24) is 0 Å². The minimum atomic E-state index is -0.903. The van der Waals surface area contributed by atoms with Crippen LogP contribution >= 0.6 is 0 Å². The van der Waals surface area contributed by atoms with Crippen LogP contribution in [0.5, 0.6) is 0 Å². The van der Waals surface area contributed by atoms with Crippen molar-refractivity contribution in [1.29, 1.82) is 0 Å². The largest absolute Gasteiger partial charge is 1.00 e. The standard InChI is InChI=1S/C22H44O2.C18H36O2.K/c1-2-3-4-5-6-7-8-9-10-11-12-13-14-15-16-17-18-19-20-21-22(23)24;1-2-3-4-5-6-7-8-9-10-11-12-13-14-15-16-17-18(19)20;/h2-21H2,1H3,(H,23,24);2-17H2,1H3,(H,19,20);/q;;+1/p-1. The second-order valence-electron chi connectivity index (χ2n) is 13.6. The van der Waals surface area contributed by atoms with Crippen LogP contribution < -0.4 is 56.5 Å². The summed E-state index contributed by atoms with van der Waals surface area (Å²) in [6.45, 7) is 4.55. The normalized spacial score (nSPS) is 10.7. The number of rotatable bonds is 36. The van der Waals surface area contributed by atoms with Gasteiger partial charge in [0.05, 0.1) is 0 Å². The van der Waals surface area contributed by atoms with Crippen LogP contribution in [0.4, 0.5) is 0 Å². The molecule has 0 spiro atoms. The average molecular weight is 663 g/mol. The summed E-state index contributed by atoms with van der Waals surface area (Å²) in [5.41, 5.74) is 0. The fraction of sp³-hybridized carbons (Fsp3) is 0.950. The predicted octanol–water partition coefficient (Wildman–Crippen LogP) is 9.89. The first kappa shape index (κ1) is 50.0. The molecule has 0 fully saturated rings. The summed E-state index contributed by atoms with van der Waals surface area (Å²) in [5, 5.41) is 18.8. The summed E-state index contributed by atoms with van der Waals surface area (Å²) < 4.78 is 0. The fourth-order valence-corrected chi connectivity index (χ4v) is 6.00. The summed E-state index contributed by atoms with van der Waals surface area (Å²) >= 11 is 0. The van der Waals surface area contributed by atoms with Gasteiger partial charge in [-0.3, -0.25) is 4.79 Å². The third kappa shape index (κ3) is 54.3. The molecule has 0 aliphatic heterocycles. The Bertz CT molecular complexity index is 554. The summed E-state index contributed by atoms with van der Waals surface area (Å²) in [6.07, 6.45) is 46.0. The van der Waals surface area contributed by atoms with E-state index < -0.39 is 11.9 Å². The van der Waals surface area contributed by atoms with Gasteiger partial charge in [0.25, 0.3) is 0 Å². The van der Waals surface area contributed by atoms with Crippen LogP contribution in [0.1, 0.15) is 245 Å². The zero-order chi connectivity index (χ0) is 32.6. The molecule has 4 nitrogen and oxygen atoms in total. The molecule has 45 heavy (non-hydrogen) atoms. The van der Waals surface area contributed by atoms with Crippen molar-refractivity contribution in [3.63, 3.8) is 0 Å². The van der Waals surface area contributed by atoms with Crippen molar-refractivity contribution in [2.24, 2.45) is 0 Å². The molecule has 0 aliphatic carbocycles. The first-order valence-electron chi connectivity index (χ1n) is 20.0. The van der Waals surface area contributed by atoms with Gasteiger partial charge in [-0.25, -0.2) is 0 Å². The number of hydrogen-bond donors (Lipinski definition) is 1. The number of carbonyl (C=O) groups excluding carboxylic acids is 1. The third-order valence-corrected chi connectivity index (χ3v) is 8.98. The smallest absolute Gasteiger partial charge is 0.550 e. The molecule has 0 aliphatic rings. The fourth-order valence-electron chi connectivity index (χ4n) is 6.00. The van der Waals surface area contributed by atoms with Gasteiger partial charge in [-0.15, -0.1) is 0 Å². The van der Waals surface area contributed by atoms with Crippen molar-refractivity contribution in [2.45, 2.75) is 245 Å². The molecule has 0 amide bonds. The maximum absolute atomic E-state index is 10.4. The van der Waals surface area contributed by atoms with E-state index in [0.717, 1.165) is 25.7 Å². The molecule has 0 saturated heterocycles. The van der Waals surface area contributed by atoms with Crippen molar-refractivity contribution in [3.8, 4) is 0 Å². The molecule has 0 rings (SSSR count). The molecule has 264 valence electrons. The summed E-state index contributed by atoms with van der Waals surface area (Å²) in [5.74, 6) is -1.55. The van der Waals surface area contributed by atoms with Crippen LogP contribution in [-0.2, 0) is 9.59 Å². The van der Waals surface area contributed by atoms with Gasteiger partial charge in [0.15, 0.2) is 0 Å². The Morgan fingerprint density at radius 1 is 0.356 bits per heavy atom. The van der Waals surface area contributed by atoms with E-state index in [0.29, 0.717) is 6.42 Å². The van der Waals surface area contributed by atoms with Gasteiger partial charge in [0.2, 0.25) is 0 Å². The van der Waals surface area contributed by atoms with Crippen LogP contribution in [-0.4, -0.2) is 17.0 Å². The molecule has 0 aromatic heterocycles. The van der Waals surface area contributed by atoms with Gasteiger partial charge < -0.3 is 15.0 Å². The summed E-state index contributed by atoms with van der Waals surface area (Å²) in [7, 11) is 0. The molecule has 5 heteroatoms. The monoisotopic (exact) mass is 663 g/mol. The van der Waals surface area contributed by atoms with Gasteiger partial charge in [0.1, 0.15) is 0 Å². The number of carbonyl (C=O) groups is 2. The molecule has 0 aromatic rings. The maximum Gasteiger partial charge on any atom is 1.00 e. The summed E-state index contributed by atoms with van der Waals surface area (Å²) in [6, 6.07) is 0. The Morgan fingerprint density at radius 2 is 0.533 bits per heavy atom. The molecular weight excluding hydrogens is 584 g/mol. The topological polar surface area (TPSA) is 77.4 Å². The Hall–Kier alpha value is 0.576. The van der Waals surface area contributed by atoms with E-state index in [4.69, 9.17) is 5.11 Å². The van der Waals surface area contributed by atoms with Crippen molar-refractivity contribution < 1.29 is 71.2 Å². The molecule has 0 atom stereocenters. The van der Waals surface area contributed by atoms with E-state index in [-0.39, 0.29) is 57.8 Å². The number of hydrogen-bond acceptors (Lipinski definition) is 3. The molecular formula is C40H79KO4. The first-order valence-corrected chi connectivity index (χ1v) is 20.0. The molecule has 0 saturated carbocycles. The Balaban J connectivity index is -0.000000779. The van der Waals surface area contributed by atoms with Gasteiger partial charge in [-0.2, -0.15) is 0 Å². The van der Waals surface area contributed by atoms with Crippen LogP contribution in [0.2, 0.25) is 0 Å². The number of carboxylic acids is 2. The van der Waals surface area contributed by atoms with Crippen LogP contribution in [0.15, 0.2) is 0 Å². The molecule has 0 radical (unpaired) electrons. The van der Waals surface area contributed by atoms with Crippen LogP contribution in [0, 0.1) is 0 Å². The third-order valence-electron chi connectivity index (χ3n) is 8.98. The van der Waals surface area contributed by atoms with Crippen LogP contribution in [0.3, 0.4) is 0 Å². The van der Waals surface area contributed by atoms with Crippen LogP contribution in [0.25, 0.3) is 0 Å². The van der Waals surface area contributed by atoms with Crippen molar-refractivity contribution in [3.05, 3.63) is 0 Å². The molecule has 0 aromatic carbocycles. The minimum Gasteiger partial charge on any atom is -0.550 e. The molecule has 0 bridgehead atoms. The van der Waals surface area contributed by atoms with Gasteiger partial charge in [0, 0.05) is 12.4 Å². The molecule has 1 N–H and O–H groups in total. The minimum absolute atomic E-state index is 0. The SMILES string of the molecule is CCCCCCCCCCCCCCCCCC(=O)[O-].CCCCCCCCCCCCCCCCCCCCCC(=O)O.[K+]. The van der Waals surface area contributed by atoms with E-state index in [1.54, 1.807) is 0 Å².